The molecule has 0 aliphatic carbocycles. The smallest absolute Gasteiger partial charge is 0.251 e. The summed E-state index contributed by atoms with van der Waals surface area (Å²) >= 11 is 0. The minimum absolute atomic E-state index is 0.0182. The number of hydrogen-bond acceptors (Lipinski definition) is 3. The van der Waals surface area contributed by atoms with Crippen molar-refractivity contribution >= 4 is 17.7 Å². The van der Waals surface area contributed by atoms with Gasteiger partial charge in [-0.05, 0) is 48.9 Å². The van der Waals surface area contributed by atoms with E-state index in [9.17, 15) is 18.8 Å². The molecule has 1 heterocycles. The zero-order valence-corrected chi connectivity index (χ0v) is 16.1. The predicted octanol–water partition coefficient (Wildman–Crippen LogP) is 1.95. The van der Waals surface area contributed by atoms with E-state index < -0.39 is 17.8 Å². The van der Waals surface area contributed by atoms with E-state index in [1.165, 1.54) is 31.2 Å². The summed E-state index contributed by atoms with van der Waals surface area (Å²) in [5.74, 6) is -0.799. The molecule has 2 N–H and O–H groups in total. The minimum atomic E-state index is -0.685. The molecule has 1 saturated heterocycles. The van der Waals surface area contributed by atoms with Crippen molar-refractivity contribution in [1.82, 2.24) is 15.5 Å². The van der Waals surface area contributed by atoms with Crippen molar-refractivity contribution in [2.75, 3.05) is 19.6 Å². The Bertz CT molecular complexity index is 668. The number of nitrogens with one attached hydrogen (secondary N) is 2. The molecular weight excluding hydrogens is 349 g/mol. The molecule has 1 aromatic rings. The molecule has 2 rings (SSSR count). The van der Waals surface area contributed by atoms with Gasteiger partial charge in [0, 0.05) is 32.1 Å². The Labute approximate surface area is 159 Å². The average Bonchev–Trinajstić information content (AvgIpc) is 2.64. The predicted molar refractivity (Wildman–Crippen MR) is 100 cm³/mol. The van der Waals surface area contributed by atoms with E-state index in [4.69, 9.17) is 0 Å². The lowest BCUT2D eigenvalue weighted by Crippen LogP contribution is -2.54. The fourth-order valence-corrected chi connectivity index (χ4v) is 3.19. The van der Waals surface area contributed by atoms with Gasteiger partial charge in [-0.2, -0.15) is 0 Å². The highest BCUT2D eigenvalue weighted by atomic mass is 19.1. The highest BCUT2D eigenvalue weighted by Crippen LogP contribution is 2.22. The summed E-state index contributed by atoms with van der Waals surface area (Å²) in [6.45, 7) is 7.19. The number of amides is 3. The normalized spacial score (nSPS) is 16.1. The molecule has 1 fully saturated rings. The van der Waals surface area contributed by atoms with Gasteiger partial charge in [-0.3, -0.25) is 14.4 Å². The molecule has 6 nitrogen and oxygen atoms in total. The monoisotopic (exact) mass is 377 g/mol. The Hall–Kier alpha value is -2.44. The van der Waals surface area contributed by atoms with Crippen LogP contribution in [0.5, 0.6) is 0 Å². The largest absolute Gasteiger partial charge is 0.354 e. The summed E-state index contributed by atoms with van der Waals surface area (Å²) in [4.78, 5) is 38.5. The molecule has 148 valence electrons. The first-order chi connectivity index (χ1) is 12.8. The third kappa shape index (κ3) is 6.05. The summed E-state index contributed by atoms with van der Waals surface area (Å²) < 4.78 is 13.1. The molecule has 1 unspecified atom stereocenters. The van der Waals surface area contributed by atoms with E-state index in [1.807, 2.05) is 13.8 Å². The van der Waals surface area contributed by atoms with Gasteiger partial charge in [-0.25, -0.2) is 4.39 Å². The van der Waals surface area contributed by atoms with Crippen LogP contribution >= 0.6 is 0 Å². The van der Waals surface area contributed by atoms with E-state index in [0.717, 1.165) is 0 Å². The van der Waals surface area contributed by atoms with Crippen molar-refractivity contribution in [2.45, 2.75) is 39.7 Å². The van der Waals surface area contributed by atoms with Gasteiger partial charge in [0.05, 0.1) is 0 Å². The van der Waals surface area contributed by atoms with Crippen LogP contribution in [-0.2, 0) is 9.59 Å². The third-order valence-corrected chi connectivity index (χ3v) is 4.82. The fraction of sp³-hybridized carbons (Fsp3) is 0.550. The fourth-order valence-electron chi connectivity index (χ4n) is 3.19. The molecule has 7 heteroatoms. The van der Waals surface area contributed by atoms with Crippen LogP contribution < -0.4 is 10.6 Å². The standard InChI is InChI=1S/C20H28FN3O3/c1-13(2)12-22-20(27)18(15-8-10-24(11-9-15)14(3)25)23-19(26)16-4-6-17(21)7-5-16/h4-7,13,15,18H,8-12H2,1-3H3,(H,22,27)(H,23,26). The zero-order valence-electron chi connectivity index (χ0n) is 16.1. The first-order valence-corrected chi connectivity index (χ1v) is 9.37. The maximum atomic E-state index is 13.1. The lowest BCUT2D eigenvalue weighted by Gasteiger charge is -2.35. The average molecular weight is 377 g/mol. The van der Waals surface area contributed by atoms with E-state index >= 15 is 0 Å². The van der Waals surface area contributed by atoms with Crippen LogP contribution in [0.4, 0.5) is 4.39 Å². The number of likely N-dealkylation sites (tertiary alicyclic amines) is 1. The van der Waals surface area contributed by atoms with Gasteiger partial charge in [0.25, 0.3) is 5.91 Å². The van der Waals surface area contributed by atoms with Crippen LogP contribution in [0.3, 0.4) is 0 Å². The van der Waals surface area contributed by atoms with Crippen LogP contribution in [0, 0.1) is 17.7 Å². The van der Waals surface area contributed by atoms with Crippen LogP contribution in [-0.4, -0.2) is 48.3 Å². The van der Waals surface area contributed by atoms with Gasteiger partial charge in [-0.15, -0.1) is 0 Å². The SMILES string of the molecule is CC(=O)N1CCC(C(NC(=O)c2ccc(F)cc2)C(=O)NCC(C)C)CC1. The third-order valence-electron chi connectivity index (χ3n) is 4.82. The van der Waals surface area contributed by atoms with E-state index in [-0.39, 0.29) is 17.7 Å². The first kappa shape index (κ1) is 20.9. The van der Waals surface area contributed by atoms with Crippen molar-refractivity contribution in [1.29, 1.82) is 0 Å². The van der Waals surface area contributed by atoms with Crippen molar-refractivity contribution in [2.24, 2.45) is 11.8 Å². The van der Waals surface area contributed by atoms with Crippen LogP contribution in [0.1, 0.15) is 44.0 Å². The molecule has 0 spiro atoms. The number of benzene rings is 1. The van der Waals surface area contributed by atoms with Gasteiger partial charge in [0.15, 0.2) is 0 Å². The van der Waals surface area contributed by atoms with Crippen molar-refractivity contribution in [3.8, 4) is 0 Å². The molecule has 3 amide bonds. The Morgan fingerprint density at radius 2 is 1.74 bits per heavy atom. The molecule has 1 atom stereocenters. The Morgan fingerprint density at radius 1 is 1.15 bits per heavy atom. The van der Waals surface area contributed by atoms with Gasteiger partial charge in [0.2, 0.25) is 11.8 Å². The van der Waals surface area contributed by atoms with Crippen molar-refractivity contribution < 1.29 is 18.8 Å². The van der Waals surface area contributed by atoms with Gasteiger partial charge >= 0.3 is 0 Å². The molecule has 1 aliphatic rings. The topological polar surface area (TPSA) is 78.5 Å². The number of hydrogen-bond donors (Lipinski definition) is 2. The Kier molecular flexibility index (Phi) is 7.33. The molecule has 27 heavy (non-hydrogen) atoms. The molecule has 1 aliphatic heterocycles. The number of rotatable bonds is 6. The Morgan fingerprint density at radius 3 is 2.26 bits per heavy atom. The summed E-state index contributed by atoms with van der Waals surface area (Å²) in [5.41, 5.74) is 0.305. The van der Waals surface area contributed by atoms with E-state index in [2.05, 4.69) is 10.6 Å². The van der Waals surface area contributed by atoms with Crippen LogP contribution in [0.15, 0.2) is 24.3 Å². The van der Waals surface area contributed by atoms with Gasteiger partial charge < -0.3 is 15.5 Å². The summed E-state index contributed by atoms with van der Waals surface area (Å²) in [6, 6.07) is 4.54. The highest BCUT2D eigenvalue weighted by molar-refractivity contribution is 5.97. The first-order valence-electron chi connectivity index (χ1n) is 9.37. The van der Waals surface area contributed by atoms with Crippen molar-refractivity contribution in [3.05, 3.63) is 35.6 Å². The number of carbonyl (C=O) groups excluding carboxylic acids is 3. The number of nitrogens with zero attached hydrogens (tertiary/aromatic N) is 1. The second-order valence-corrected chi connectivity index (χ2v) is 7.44. The maximum absolute atomic E-state index is 13.1. The number of halogens is 1. The molecule has 0 aromatic heterocycles. The number of carbonyl (C=O) groups is 3. The molecule has 0 bridgehead atoms. The Balaban J connectivity index is 2.09. The lowest BCUT2D eigenvalue weighted by atomic mass is 9.88. The number of piperidine rings is 1. The minimum Gasteiger partial charge on any atom is -0.354 e. The molecule has 1 aromatic carbocycles. The zero-order chi connectivity index (χ0) is 20.0. The highest BCUT2D eigenvalue weighted by Gasteiger charge is 2.33. The lowest BCUT2D eigenvalue weighted by molar-refractivity contribution is -0.130. The van der Waals surface area contributed by atoms with E-state index in [1.54, 1.807) is 4.90 Å². The quantitative estimate of drug-likeness (QED) is 0.795. The van der Waals surface area contributed by atoms with Crippen LogP contribution in [0.25, 0.3) is 0 Å². The van der Waals surface area contributed by atoms with Crippen molar-refractivity contribution in [3.63, 3.8) is 0 Å². The maximum Gasteiger partial charge on any atom is 0.251 e. The summed E-state index contributed by atoms with van der Waals surface area (Å²) in [5, 5.41) is 5.70. The summed E-state index contributed by atoms with van der Waals surface area (Å²) in [6.07, 6.45) is 1.28. The molecule has 0 radical (unpaired) electrons. The van der Waals surface area contributed by atoms with Gasteiger partial charge in [0.1, 0.15) is 11.9 Å². The molecular formula is C20H28FN3O3. The van der Waals surface area contributed by atoms with E-state index in [0.29, 0.717) is 44.0 Å². The van der Waals surface area contributed by atoms with Gasteiger partial charge in [-0.1, -0.05) is 13.8 Å². The summed E-state index contributed by atoms with van der Waals surface area (Å²) in [7, 11) is 0. The molecule has 0 saturated carbocycles. The van der Waals surface area contributed by atoms with Crippen LogP contribution in [0.2, 0.25) is 0 Å². The second kappa shape index (κ2) is 9.48. The second-order valence-electron chi connectivity index (χ2n) is 7.44.